The quantitative estimate of drug-likeness (QED) is 0.769. The number of hydrogen-bond acceptors (Lipinski definition) is 2. The minimum absolute atomic E-state index is 0.478. The molecular weight excluding hydrogens is 244 g/mol. The van der Waals surface area contributed by atoms with Gasteiger partial charge in [-0.05, 0) is 37.6 Å². The van der Waals surface area contributed by atoms with Crippen molar-refractivity contribution in [3.05, 3.63) is 53.2 Å². The van der Waals surface area contributed by atoms with Crippen LogP contribution < -0.4 is 4.90 Å². The van der Waals surface area contributed by atoms with Crippen LogP contribution in [0.4, 0.5) is 11.5 Å². The minimum Gasteiger partial charge on any atom is -0.329 e. The van der Waals surface area contributed by atoms with Gasteiger partial charge in [0.05, 0.1) is 5.88 Å². The molecule has 0 aliphatic heterocycles. The molecule has 2 aromatic rings. The number of aromatic nitrogens is 1. The Kier molecular flexibility index (Phi) is 3.87. The van der Waals surface area contributed by atoms with Crippen LogP contribution >= 0.6 is 11.6 Å². The summed E-state index contributed by atoms with van der Waals surface area (Å²) >= 11 is 6.05. The third-order valence-corrected chi connectivity index (χ3v) is 3.32. The molecule has 0 aliphatic carbocycles. The van der Waals surface area contributed by atoms with Crippen molar-refractivity contribution < 1.29 is 0 Å². The molecular formula is C15H17ClN2. The van der Waals surface area contributed by atoms with E-state index in [1.165, 1.54) is 5.56 Å². The van der Waals surface area contributed by atoms with E-state index in [4.69, 9.17) is 11.6 Å². The first kappa shape index (κ1) is 12.9. The topological polar surface area (TPSA) is 16.1 Å². The minimum atomic E-state index is 0.478. The van der Waals surface area contributed by atoms with Crippen LogP contribution in [-0.2, 0) is 5.88 Å². The van der Waals surface area contributed by atoms with E-state index in [1.54, 1.807) is 0 Å². The largest absolute Gasteiger partial charge is 0.329 e. The number of nitrogens with zero attached hydrogens (tertiary/aromatic N) is 2. The van der Waals surface area contributed by atoms with Crippen LogP contribution in [0.1, 0.15) is 16.8 Å². The summed E-state index contributed by atoms with van der Waals surface area (Å²) in [5.74, 6) is 1.42. The molecule has 0 aliphatic rings. The van der Waals surface area contributed by atoms with E-state index in [1.807, 2.05) is 32.2 Å². The summed E-state index contributed by atoms with van der Waals surface area (Å²) in [6.45, 7) is 4.09. The van der Waals surface area contributed by atoms with Crippen molar-refractivity contribution in [1.29, 1.82) is 0 Å². The van der Waals surface area contributed by atoms with Gasteiger partial charge in [0.1, 0.15) is 5.82 Å². The second-order valence-corrected chi connectivity index (χ2v) is 4.68. The van der Waals surface area contributed by atoms with E-state index < -0.39 is 0 Å². The number of aryl methyl sites for hydroxylation is 2. The lowest BCUT2D eigenvalue weighted by Gasteiger charge is -2.22. The number of benzene rings is 1. The molecule has 2 nitrogen and oxygen atoms in total. The molecule has 0 saturated carbocycles. The van der Waals surface area contributed by atoms with Crippen molar-refractivity contribution in [3.63, 3.8) is 0 Å². The van der Waals surface area contributed by atoms with Gasteiger partial charge in [-0.2, -0.15) is 0 Å². The zero-order valence-corrected chi connectivity index (χ0v) is 11.7. The van der Waals surface area contributed by atoms with Crippen LogP contribution in [0.5, 0.6) is 0 Å². The van der Waals surface area contributed by atoms with Gasteiger partial charge in [0.25, 0.3) is 0 Å². The van der Waals surface area contributed by atoms with E-state index in [0.29, 0.717) is 5.88 Å². The normalized spacial score (nSPS) is 10.4. The molecule has 0 saturated heterocycles. The van der Waals surface area contributed by atoms with Crippen LogP contribution in [0.2, 0.25) is 0 Å². The lowest BCUT2D eigenvalue weighted by molar-refractivity contribution is 1.05. The molecule has 0 fully saturated rings. The highest BCUT2D eigenvalue weighted by molar-refractivity contribution is 6.17. The zero-order chi connectivity index (χ0) is 13.1. The summed E-state index contributed by atoms with van der Waals surface area (Å²) in [5.41, 5.74) is 4.41. The molecule has 3 heteroatoms. The number of halogens is 1. The molecule has 1 aromatic carbocycles. The van der Waals surface area contributed by atoms with Crippen LogP contribution in [-0.4, -0.2) is 12.0 Å². The molecule has 0 radical (unpaired) electrons. The molecule has 0 unspecified atom stereocenters. The highest BCUT2D eigenvalue weighted by Crippen LogP contribution is 2.28. The van der Waals surface area contributed by atoms with E-state index in [0.717, 1.165) is 22.8 Å². The van der Waals surface area contributed by atoms with E-state index in [2.05, 4.69) is 35.0 Å². The van der Waals surface area contributed by atoms with Gasteiger partial charge in [0.15, 0.2) is 0 Å². The smallest absolute Gasteiger partial charge is 0.137 e. The van der Waals surface area contributed by atoms with Gasteiger partial charge in [-0.1, -0.05) is 18.2 Å². The summed E-state index contributed by atoms with van der Waals surface area (Å²) in [6.07, 6.45) is 0. The summed E-state index contributed by atoms with van der Waals surface area (Å²) in [5, 5.41) is 0. The van der Waals surface area contributed by atoms with Crippen molar-refractivity contribution in [2.24, 2.45) is 0 Å². The number of rotatable bonds is 3. The fraction of sp³-hybridized carbons (Fsp3) is 0.267. The Morgan fingerprint density at radius 2 is 1.83 bits per heavy atom. The molecule has 0 bridgehead atoms. The molecule has 0 atom stereocenters. The van der Waals surface area contributed by atoms with E-state index >= 15 is 0 Å². The van der Waals surface area contributed by atoms with Gasteiger partial charge in [-0.25, -0.2) is 4.98 Å². The summed E-state index contributed by atoms with van der Waals surface area (Å²) in [7, 11) is 2.02. The second-order valence-electron chi connectivity index (χ2n) is 4.41. The van der Waals surface area contributed by atoms with Gasteiger partial charge in [-0.15, -0.1) is 11.6 Å². The highest BCUT2D eigenvalue weighted by Gasteiger charge is 2.13. The van der Waals surface area contributed by atoms with Gasteiger partial charge in [-0.3, -0.25) is 0 Å². The molecule has 18 heavy (non-hydrogen) atoms. The van der Waals surface area contributed by atoms with Crippen LogP contribution in [0.25, 0.3) is 0 Å². The predicted octanol–water partition coefficient (Wildman–Crippen LogP) is 4.21. The van der Waals surface area contributed by atoms with Crippen LogP contribution in [0, 0.1) is 13.8 Å². The Morgan fingerprint density at radius 3 is 2.44 bits per heavy atom. The Bertz CT molecular complexity index is 538. The predicted molar refractivity (Wildman–Crippen MR) is 77.8 cm³/mol. The zero-order valence-electron chi connectivity index (χ0n) is 10.9. The first-order chi connectivity index (χ1) is 8.63. The number of para-hydroxylation sites is 1. The lowest BCUT2D eigenvalue weighted by Crippen LogP contribution is -2.14. The van der Waals surface area contributed by atoms with Gasteiger partial charge in [0, 0.05) is 24.0 Å². The fourth-order valence-corrected chi connectivity index (χ4v) is 2.39. The molecule has 0 N–H and O–H groups in total. The maximum Gasteiger partial charge on any atom is 0.137 e. The molecule has 94 valence electrons. The van der Waals surface area contributed by atoms with Gasteiger partial charge < -0.3 is 4.90 Å². The average molecular weight is 261 g/mol. The maximum absolute atomic E-state index is 6.05. The SMILES string of the molecule is Cc1cc(C)c(CCl)c(N(C)c2ccccc2)n1. The Hall–Kier alpha value is -1.54. The van der Waals surface area contributed by atoms with Crippen LogP contribution in [0.15, 0.2) is 36.4 Å². The van der Waals surface area contributed by atoms with Crippen molar-refractivity contribution in [1.82, 2.24) is 4.98 Å². The Morgan fingerprint density at radius 1 is 1.17 bits per heavy atom. The standard InChI is InChI=1S/C15H17ClN2/c1-11-9-12(2)17-15(14(11)10-16)18(3)13-7-5-4-6-8-13/h4-9H,10H2,1-3H3. The molecule has 2 rings (SSSR count). The molecule has 1 heterocycles. The third-order valence-electron chi connectivity index (χ3n) is 3.05. The molecule has 0 amide bonds. The van der Waals surface area contributed by atoms with Crippen molar-refractivity contribution in [2.45, 2.75) is 19.7 Å². The first-order valence-corrected chi connectivity index (χ1v) is 6.49. The second kappa shape index (κ2) is 5.40. The van der Waals surface area contributed by atoms with Crippen molar-refractivity contribution >= 4 is 23.1 Å². The number of pyridine rings is 1. The lowest BCUT2D eigenvalue weighted by atomic mass is 10.1. The number of hydrogen-bond donors (Lipinski definition) is 0. The van der Waals surface area contributed by atoms with Gasteiger partial charge in [0.2, 0.25) is 0 Å². The first-order valence-electron chi connectivity index (χ1n) is 5.95. The summed E-state index contributed by atoms with van der Waals surface area (Å²) in [4.78, 5) is 6.70. The van der Waals surface area contributed by atoms with E-state index in [9.17, 15) is 0 Å². The number of alkyl halides is 1. The molecule has 0 spiro atoms. The third kappa shape index (κ3) is 2.49. The fourth-order valence-electron chi connectivity index (χ4n) is 2.06. The van der Waals surface area contributed by atoms with Crippen LogP contribution in [0.3, 0.4) is 0 Å². The summed E-state index contributed by atoms with van der Waals surface area (Å²) < 4.78 is 0. The van der Waals surface area contributed by atoms with Crippen molar-refractivity contribution in [3.8, 4) is 0 Å². The molecule has 1 aromatic heterocycles. The van der Waals surface area contributed by atoms with Crippen molar-refractivity contribution in [2.75, 3.05) is 11.9 Å². The maximum atomic E-state index is 6.05. The highest BCUT2D eigenvalue weighted by atomic mass is 35.5. The number of anilines is 2. The average Bonchev–Trinajstić information content (AvgIpc) is 2.38. The monoisotopic (exact) mass is 260 g/mol. The summed E-state index contributed by atoms with van der Waals surface area (Å²) in [6, 6.07) is 12.3. The van der Waals surface area contributed by atoms with Gasteiger partial charge >= 0.3 is 0 Å². The Balaban J connectivity index is 2.50. The Labute approximate surface area is 113 Å². The van der Waals surface area contributed by atoms with E-state index in [-0.39, 0.29) is 0 Å².